The molecule has 2 fully saturated rings. The number of nitrogens with zero attached hydrogens (tertiary/aromatic N) is 2. The van der Waals surface area contributed by atoms with E-state index >= 15 is 0 Å². The first kappa shape index (κ1) is 18.7. The highest BCUT2D eigenvalue weighted by Crippen LogP contribution is 2.27. The monoisotopic (exact) mass is 317 g/mol. The highest BCUT2D eigenvalue weighted by Gasteiger charge is 2.29. The summed E-state index contributed by atoms with van der Waals surface area (Å²) in [4.78, 5) is 16.8. The van der Waals surface area contributed by atoms with Crippen molar-refractivity contribution in [1.29, 1.82) is 0 Å². The molecule has 5 heteroatoms. The van der Waals surface area contributed by atoms with E-state index in [2.05, 4.69) is 19.0 Å². The van der Waals surface area contributed by atoms with Crippen molar-refractivity contribution < 1.29 is 4.79 Å². The van der Waals surface area contributed by atoms with Gasteiger partial charge in [0, 0.05) is 19.1 Å². The van der Waals surface area contributed by atoms with Crippen LogP contribution >= 0.6 is 12.4 Å². The molecule has 2 rings (SSSR count). The molecule has 1 aliphatic heterocycles. The molecule has 1 saturated heterocycles. The van der Waals surface area contributed by atoms with Gasteiger partial charge in [-0.25, -0.2) is 0 Å². The average molecular weight is 318 g/mol. The molecule has 0 aromatic rings. The molecule has 1 saturated carbocycles. The molecule has 2 unspecified atom stereocenters. The van der Waals surface area contributed by atoms with Gasteiger partial charge in [-0.1, -0.05) is 32.1 Å². The quantitative estimate of drug-likeness (QED) is 0.865. The van der Waals surface area contributed by atoms with E-state index in [1.807, 2.05) is 4.90 Å². The largest absolute Gasteiger partial charge is 0.340 e. The summed E-state index contributed by atoms with van der Waals surface area (Å²) < 4.78 is 0. The topological polar surface area (TPSA) is 49.6 Å². The van der Waals surface area contributed by atoms with Gasteiger partial charge in [-0.15, -0.1) is 12.4 Å². The van der Waals surface area contributed by atoms with Crippen molar-refractivity contribution in [1.82, 2.24) is 9.80 Å². The summed E-state index contributed by atoms with van der Waals surface area (Å²) in [5, 5.41) is 0. The molecule has 2 atom stereocenters. The van der Waals surface area contributed by atoms with Crippen LogP contribution in [-0.4, -0.2) is 55.0 Å². The molecule has 0 radical (unpaired) electrons. The van der Waals surface area contributed by atoms with Crippen LogP contribution in [0, 0.1) is 5.92 Å². The van der Waals surface area contributed by atoms with Crippen LogP contribution in [0.4, 0.5) is 0 Å². The number of carbonyl (C=O) groups excluding carboxylic acids is 1. The lowest BCUT2D eigenvalue weighted by molar-refractivity contribution is -0.135. The van der Waals surface area contributed by atoms with Crippen molar-refractivity contribution in [3.8, 4) is 0 Å². The number of likely N-dealkylation sites (N-methyl/N-ethyl adjacent to an activating group) is 1. The molecule has 1 heterocycles. The maximum atomic E-state index is 12.5. The first-order valence-electron chi connectivity index (χ1n) is 8.28. The Kier molecular flexibility index (Phi) is 7.99. The van der Waals surface area contributed by atoms with Crippen LogP contribution in [0.3, 0.4) is 0 Å². The van der Waals surface area contributed by atoms with E-state index in [1.165, 1.54) is 38.5 Å². The van der Waals surface area contributed by atoms with Crippen LogP contribution in [0.1, 0.15) is 51.4 Å². The minimum absolute atomic E-state index is 0. The van der Waals surface area contributed by atoms with Crippen LogP contribution in [0.15, 0.2) is 0 Å². The number of halogens is 1. The second-order valence-electron chi connectivity index (χ2n) is 6.89. The SMILES string of the molecule is CN(C)C1CCCN(C(=O)C(N)CC2CCCCC2)C1.Cl. The van der Waals surface area contributed by atoms with Gasteiger partial charge in [-0.2, -0.15) is 0 Å². The van der Waals surface area contributed by atoms with Gasteiger partial charge in [0.1, 0.15) is 0 Å². The van der Waals surface area contributed by atoms with Gasteiger partial charge in [-0.05, 0) is 39.3 Å². The molecule has 21 heavy (non-hydrogen) atoms. The summed E-state index contributed by atoms with van der Waals surface area (Å²) in [6, 6.07) is 0.216. The number of rotatable bonds is 4. The third-order valence-corrected chi connectivity index (χ3v) is 5.07. The molecule has 2 aliphatic rings. The van der Waals surface area contributed by atoms with Gasteiger partial charge in [0.05, 0.1) is 6.04 Å². The molecule has 0 aromatic heterocycles. The van der Waals surface area contributed by atoms with E-state index < -0.39 is 0 Å². The van der Waals surface area contributed by atoms with Crippen LogP contribution in [-0.2, 0) is 4.79 Å². The van der Waals surface area contributed by atoms with E-state index in [0.717, 1.165) is 25.9 Å². The van der Waals surface area contributed by atoms with Gasteiger partial charge < -0.3 is 15.5 Å². The van der Waals surface area contributed by atoms with E-state index in [9.17, 15) is 4.79 Å². The van der Waals surface area contributed by atoms with Gasteiger partial charge >= 0.3 is 0 Å². The molecule has 0 aromatic carbocycles. The highest BCUT2D eigenvalue weighted by atomic mass is 35.5. The Bertz CT molecular complexity index is 319. The van der Waals surface area contributed by atoms with Crippen molar-refractivity contribution >= 4 is 18.3 Å². The zero-order chi connectivity index (χ0) is 14.5. The van der Waals surface area contributed by atoms with Crippen LogP contribution in [0.2, 0.25) is 0 Å². The normalized spacial score (nSPS) is 25.5. The van der Waals surface area contributed by atoms with Crippen molar-refractivity contribution in [2.75, 3.05) is 27.2 Å². The molecule has 2 N–H and O–H groups in total. The van der Waals surface area contributed by atoms with Crippen LogP contribution in [0.5, 0.6) is 0 Å². The van der Waals surface area contributed by atoms with Crippen LogP contribution < -0.4 is 5.73 Å². The highest BCUT2D eigenvalue weighted by molar-refractivity contribution is 5.85. The molecular weight excluding hydrogens is 286 g/mol. The number of nitrogens with two attached hydrogens (primary N) is 1. The smallest absolute Gasteiger partial charge is 0.239 e. The predicted molar refractivity (Wildman–Crippen MR) is 89.7 cm³/mol. The van der Waals surface area contributed by atoms with E-state index in [-0.39, 0.29) is 24.4 Å². The standard InChI is InChI=1S/C16H31N3O.ClH/c1-18(2)14-9-6-10-19(12-14)16(20)15(17)11-13-7-4-3-5-8-13;/h13-15H,3-12,17H2,1-2H3;1H. The fraction of sp³-hybridized carbons (Fsp3) is 0.938. The molecule has 0 bridgehead atoms. The fourth-order valence-corrected chi connectivity index (χ4v) is 3.69. The maximum absolute atomic E-state index is 12.5. The number of likely N-dealkylation sites (tertiary alicyclic amines) is 1. The van der Waals surface area contributed by atoms with E-state index in [1.54, 1.807) is 0 Å². The van der Waals surface area contributed by atoms with Gasteiger partial charge in [0.15, 0.2) is 0 Å². The zero-order valence-corrected chi connectivity index (χ0v) is 14.4. The number of piperidine rings is 1. The summed E-state index contributed by atoms with van der Waals surface area (Å²) in [6.45, 7) is 1.74. The lowest BCUT2D eigenvalue weighted by Gasteiger charge is -2.37. The lowest BCUT2D eigenvalue weighted by Crippen LogP contribution is -2.52. The Labute approximate surface area is 135 Å². The van der Waals surface area contributed by atoms with Crippen molar-refractivity contribution in [3.05, 3.63) is 0 Å². The zero-order valence-electron chi connectivity index (χ0n) is 13.6. The number of amides is 1. The van der Waals surface area contributed by atoms with Crippen molar-refractivity contribution in [2.24, 2.45) is 11.7 Å². The molecule has 0 spiro atoms. The second kappa shape index (κ2) is 8.96. The van der Waals surface area contributed by atoms with Crippen molar-refractivity contribution in [2.45, 2.75) is 63.5 Å². The third-order valence-electron chi connectivity index (χ3n) is 5.07. The van der Waals surface area contributed by atoms with Gasteiger partial charge in [0.2, 0.25) is 5.91 Å². The minimum atomic E-state index is -0.279. The van der Waals surface area contributed by atoms with E-state index in [0.29, 0.717) is 12.0 Å². The molecular formula is C16H32ClN3O. The number of hydrogen-bond donors (Lipinski definition) is 1. The van der Waals surface area contributed by atoms with Crippen LogP contribution in [0.25, 0.3) is 0 Å². The van der Waals surface area contributed by atoms with Crippen molar-refractivity contribution in [3.63, 3.8) is 0 Å². The predicted octanol–water partition coefficient (Wildman–Crippen LogP) is 2.26. The minimum Gasteiger partial charge on any atom is -0.340 e. The number of carbonyl (C=O) groups is 1. The van der Waals surface area contributed by atoms with Gasteiger partial charge in [-0.3, -0.25) is 4.79 Å². The molecule has 1 aliphatic carbocycles. The second-order valence-corrected chi connectivity index (χ2v) is 6.89. The summed E-state index contributed by atoms with van der Waals surface area (Å²) in [7, 11) is 4.20. The first-order chi connectivity index (χ1) is 9.58. The molecule has 1 amide bonds. The Morgan fingerprint density at radius 2 is 1.86 bits per heavy atom. The summed E-state index contributed by atoms with van der Waals surface area (Å²) in [6.07, 6.45) is 9.70. The van der Waals surface area contributed by atoms with E-state index in [4.69, 9.17) is 5.73 Å². The Balaban J connectivity index is 0.00000220. The maximum Gasteiger partial charge on any atom is 0.239 e. The Hall–Kier alpha value is -0.320. The average Bonchev–Trinajstić information content (AvgIpc) is 2.47. The fourth-order valence-electron chi connectivity index (χ4n) is 3.69. The third kappa shape index (κ3) is 5.42. The summed E-state index contributed by atoms with van der Waals surface area (Å²) in [5.41, 5.74) is 6.20. The Morgan fingerprint density at radius 3 is 2.48 bits per heavy atom. The lowest BCUT2D eigenvalue weighted by atomic mass is 9.84. The molecule has 4 nitrogen and oxygen atoms in total. The first-order valence-corrected chi connectivity index (χ1v) is 8.28. The summed E-state index contributed by atoms with van der Waals surface area (Å²) >= 11 is 0. The molecule has 124 valence electrons. The number of hydrogen-bond acceptors (Lipinski definition) is 3. The Morgan fingerprint density at radius 1 is 1.19 bits per heavy atom. The summed E-state index contributed by atoms with van der Waals surface area (Å²) in [5.74, 6) is 0.860. The van der Waals surface area contributed by atoms with Gasteiger partial charge in [0.25, 0.3) is 0 Å².